The first-order chi connectivity index (χ1) is 22.8. The number of rotatable bonds is 13. The van der Waals surface area contributed by atoms with Crippen molar-refractivity contribution in [3.05, 3.63) is 144 Å². The van der Waals surface area contributed by atoms with Crippen LogP contribution in [0.5, 0.6) is 0 Å². The summed E-state index contributed by atoms with van der Waals surface area (Å²) in [6.45, 7) is 6.69. The molecule has 0 unspecified atom stereocenters. The van der Waals surface area contributed by atoms with Crippen molar-refractivity contribution in [2.24, 2.45) is 0 Å². The summed E-state index contributed by atoms with van der Waals surface area (Å²) in [6, 6.07) is 33.6. The molecule has 0 bridgehead atoms. The highest BCUT2D eigenvalue weighted by molar-refractivity contribution is 5.68. The Labute approximate surface area is 277 Å². The van der Waals surface area contributed by atoms with E-state index in [1.54, 1.807) is 0 Å². The molecule has 3 N–H and O–H groups in total. The Bertz CT molecular complexity index is 1580. The average Bonchev–Trinajstić information content (AvgIpc) is 3.13. The van der Waals surface area contributed by atoms with Crippen LogP contribution in [0.15, 0.2) is 116 Å². The zero-order valence-electron chi connectivity index (χ0n) is 27.0. The molecule has 8 nitrogen and oxygen atoms in total. The molecule has 1 saturated heterocycles. The second-order valence-electron chi connectivity index (χ2n) is 11.9. The van der Waals surface area contributed by atoms with Gasteiger partial charge in [-0.15, -0.1) is 0 Å². The highest BCUT2D eigenvalue weighted by Gasteiger charge is 2.34. The molecular formula is C39H44N2O6. The van der Waals surface area contributed by atoms with Gasteiger partial charge >= 0.3 is 6.09 Å². The Morgan fingerprint density at radius 3 is 2.38 bits per heavy atom. The van der Waals surface area contributed by atoms with Gasteiger partial charge in [-0.25, -0.2) is 4.79 Å². The number of nitrogens with zero attached hydrogens (tertiary/aromatic N) is 1. The molecule has 0 spiro atoms. The Kier molecular flexibility index (Phi) is 11.9. The summed E-state index contributed by atoms with van der Waals surface area (Å²) in [5, 5.41) is 23.4. The molecule has 1 aliphatic heterocycles. The van der Waals surface area contributed by atoms with Gasteiger partial charge in [0.1, 0.15) is 6.61 Å². The number of likely N-dealkylation sites (N-methyl/N-ethyl adjacent to an activating group) is 1. The molecule has 0 aliphatic carbocycles. The fraction of sp³-hybridized carbons (Fsp3) is 0.308. The fourth-order valence-electron chi connectivity index (χ4n) is 5.74. The average molecular weight is 637 g/mol. The fourth-order valence-corrected chi connectivity index (χ4v) is 5.74. The number of amides is 1. The molecule has 4 aromatic carbocycles. The lowest BCUT2D eigenvalue weighted by Gasteiger charge is -2.39. The Hall–Kier alpha value is -4.31. The minimum atomic E-state index is -0.633. The molecular weight excluding hydrogens is 592 g/mol. The summed E-state index contributed by atoms with van der Waals surface area (Å²) in [5.74, 6) is 0. The molecule has 1 aliphatic rings. The predicted octanol–water partition coefficient (Wildman–Crippen LogP) is 6.86. The van der Waals surface area contributed by atoms with Crippen LogP contribution in [0.2, 0.25) is 0 Å². The third-order valence-electron chi connectivity index (χ3n) is 8.61. The summed E-state index contributed by atoms with van der Waals surface area (Å²) < 4.78 is 18.1. The van der Waals surface area contributed by atoms with Crippen molar-refractivity contribution in [1.82, 2.24) is 10.2 Å². The van der Waals surface area contributed by atoms with Crippen LogP contribution < -0.4 is 5.32 Å². The van der Waals surface area contributed by atoms with Crippen LogP contribution in [0.25, 0.3) is 11.1 Å². The van der Waals surface area contributed by atoms with E-state index in [0.717, 1.165) is 38.9 Å². The van der Waals surface area contributed by atoms with E-state index >= 15 is 0 Å². The van der Waals surface area contributed by atoms with Gasteiger partial charge in [0.2, 0.25) is 0 Å². The normalized spacial score (nSPS) is 19.1. The van der Waals surface area contributed by atoms with Gasteiger partial charge in [0.05, 0.1) is 24.9 Å². The van der Waals surface area contributed by atoms with E-state index < -0.39 is 18.5 Å². The molecule has 1 amide bonds. The zero-order valence-corrected chi connectivity index (χ0v) is 27.0. The van der Waals surface area contributed by atoms with Crippen molar-refractivity contribution in [2.45, 2.75) is 57.1 Å². The van der Waals surface area contributed by atoms with Crippen molar-refractivity contribution >= 4 is 6.09 Å². The van der Waals surface area contributed by atoms with E-state index in [1.807, 2.05) is 117 Å². The molecule has 0 radical (unpaired) electrons. The number of benzene rings is 4. The minimum absolute atomic E-state index is 0.0133. The van der Waals surface area contributed by atoms with E-state index in [9.17, 15) is 15.0 Å². The summed E-state index contributed by atoms with van der Waals surface area (Å²) in [7, 11) is 2.01. The van der Waals surface area contributed by atoms with Crippen molar-refractivity contribution in [1.29, 1.82) is 0 Å². The maximum absolute atomic E-state index is 11.8. The first kappa shape index (κ1) is 34.0. The molecule has 0 saturated carbocycles. The van der Waals surface area contributed by atoms with Crippen LogP contribution in [0, 0.1) is 0 Å². The Balaban J connectivity index is 1.30. The zero-order chi connectivity index (χ0) is 33.2. The van der Waals surface area contributed by atoms with Gasteiger partial charge in [-0.05, 0) is 53.4 Å². The van der Waals surface area contributed by atoms with Gasteiger partial charge < -0.3 is 29.7 Å². The molecule has 1 fully saturated rings. The van der Waals surface area contributed by atoms with Gasteiger partial charge in [0, 0.05) is 31.1 Å². The van der Waals surface area contributed by atoms with Gasteiger partial charge in [-0.1, -0.05) is 110 Å². The number of nitrogens with one attached hydrogen (secondary N) is 1. The van der Waals surface area contributed by atoms with E-state index in [2.05, 4.69) is 16.8 Å². The number of hydrogen-bond donors (Lipinski definition) is 3. The Morgan fingerprint density at radius 1 is 0.957 bits per heavy atom. The lowest BCUT2D eigenvalue weighted by Crippen LogP contribution is -2.43. The summed E-state index contributed by atoms with van der Waals surface area (Å²) >= 11 is 0. The van der Waals surface area contributed by atoms with Crippen LogP contribution >= 0.6 is 0 Å². The van der Waals surface area contributed by atoms with Gasteiger partial charge in [0.15, 0.2) is 6.29 Å². The molecule has 8 heteroatoms. The van der Waals surface area contributed by atoms with Gasteiger partial charge in [-0.2, -0.15) is 0 Å². The van der Waals surface area contributed by atoms with Crippen molar-refractivity contribution in [3.63, 3.8) is 0 Å². The topological polar surface area (TPSA) is 100 Å². The standard InChI is InChI=1S/C39H44N2O6/c1-4-21-45-39(44)40-24-29-9-8-12-34(22-29)30-17-19-33(20-18-30)38-46-35(23-36(47-38)31-15-13-28(26-42)14-16-31)25-41(3)27(2)37(43)32-10-6-5-7-11-32/h4-20,22,27,35-38,42-43H,1,21,23-26H2,2-3H3,(H,40,44)/t27-,35-,36+,37-,38+/m0/s1. The summed E-state index contributed by atoms with van der Waals surface area (Å²) in [5.41, 5.74) is 6.65. The number of hydrogen-bond acceptors (Lipinski definition) is 7. The summed E-state index contributed by atoms with van der Waals surface area (Å²) in [6.07, 6.45) is 0.0937. The van der Waals surface area contributed by atoms with Crippen LogP contribution in [-0.2, 0) is 27.4 Å². The smallest absolute Gasteiger partial charge is 0.407 e. The second-order valence-corrected chi connectivity index (χ2v) is 11.9. The third-order valence-corrected chi connectivity index (χ3v) is 8.61. The minimum Gasteiger partial charge on any atom is -0.445 e. The molecule has 5 rings (SSSR count). The van der Waals surface area contributed by atoms with Gasteiger partial charge in [0.25, 0.3) is 0 Å². The van der Waals surface area contributed by atoms with E-state index in [4.69, 9.17) is 14.2 Å². The van der Waals surface area contributed by atoms with Gasteiger partial charge in [-0.3, -0.25) is 4.90 Å². The maximum Gasteiger partial charge on any atom is 0.407 e. The number of ether oxygens (including phenoxy) is 3. The lowest BCUT2D eigenvalue weighted by molar-refractivity contribution is -0.253. The first-order valence-electron chi connectivity index (χ1n) is 16.0. The molecule has 47 heavy (non-hydrogen) atoms. The highest BCUT2D eigenvalue weighted by atomic mass is 16.7. The summed E-state index contributed by atoms with van der Waals surface area (Å²) in [4.78, 5) is 14.0. The van der Waals surface area contributed by atoms with Crippen molar-refractivity contribution < 1.29 is 29.2 Å². The largest absolute Gasteiger partial charge is 0.445 e. The molecule has 246 valence electrons. The Morgan fingerprint density at radius 2 is 1.68 bits per heavy atom. The number of aliphatic hydroxyl groups excluding tert-OH is 2. The number of carbonyl (C=O) groups excluding carboxylic acids is 1. The number of carbonyl (C=O) groups is 1. The molecule has 0 aromatic heterocycles. The van der Waals surface area contributed by atoms with Crippen molar-refractivity contribution in [2.75, 3.05) is 20.2 Å². The highest BCUT2D eigenvalue weighted by Crippen LogP contribution is 2.39. The lowest BCUT2D eigenvalue weighted by atomic mass is 9.98. The first-order valence-corrected chi connectivity index (χ1v) is 16.0. The number of alkyl carbamates (subject to hydrolysis) is 1. The maximum atomic E-state index is 11.8. The third kappa shape index (κ3) is 9.16. The number of aliphatic hydroxyl groups is 2. The van der Waals surface area contributed by atoms with Crippen LogP contribution in [0.3, 0.4) is 0 Å². The van der Waals surface area contributed by atoms with Crippen LogP contribution in [0.4, 0.5) is 4.79 Å². The van der Waals surface area contributed by atoms with Crippen LogP contribution in [-0.4, -0.2) is 53.6 Å². The predicted molar refractivity (Wildman–Crippen MR) is 182 cm³/mol. The monoisotopic (exact) mass is 636 g/mol. The van der Waals surface area contributed by atoms with Crippen molar-refractivity contribution in [3.8, 4) is 11.1 Å². The van der Waals surface area contributed by atoms with E-state index in [1.165, 1.54) is 6.08 Å². The van der Waals surface area contributed by atoms with E-state index in [0.29, 0.717) is 19.5 Å². The molecule has 4 aromatic rings. The molecule has 1 heterocycles. The second kappa shape index (κ2) is 16.5. The SMILES string of the molecule is C=CCOC(=O)NCc1cccc(-c2ccc([C@@H]3O[C@H](CN(C)[C@@H](C)[C@H](O)c4ccccc4)C[C@H](c4ccc(CO)cc4)O3)cc2)c1. The van der Waals surface area contributed by atoms with E-state index in [-0.39, 0.29) is 31.5 Å². The quantitative estimate of drug-likeness (QED) is 0.138. The molecule has 5 atom stereocenters. The van der Waals surface area contributed by atoms with Crippen LogP contribution in [0.1, 0.15) is 59.7 Å².